The van der Waals surface area contributed by atoms with Crippen molar-refractivity contribution >= 4 is 68.3 Å². The number of anilines is 2. The van der Waals surface area contributed by atoms with Gasteiger partial charge in [-0.15, -0.1) is 46.2 Å². The number of aromatic nitrogens is 2. The van der Waals surface area contributed by atoms with E-state index in [1.165, 1.54) is 32.5 Å². The Kier molecular flexibility index (Phi) is 7.38. The molecule has 0 bridgehead atoms. The molecule has 0 saturated carbocycles. The van der Waals surface area contributed by atoms with E-state index < -0.39 is 0 Å². The number of thioether (sulfide) groups is 2. The van der Waals surface area contributed by atoms with Crippen molar-refractivity contribution in [2.45, 2.75) is 21.3 Å². The predicted octanol–water partition coefficient (Wildman–Crippen LogP) is 9.44. The van der Waals surface area contributed by atoms with Crippen LogP contribution in [0.25, 0.3) is 22.5 Å². The molecule has 2 amide bonds. The maximum Gasteiger partial charge on any atom is 0.257 e. The zero-order chi connectivity index (χ0) is 30.3. The number of hydrogen-bond acceptors (Lipinski definition) is 9. The number of fused-ring (bicyclic) bond motifs is 6. The topological polar surface area (TPSA) is 93.2 Å². The molecule has 0 atom stereocenters. The van der Waals surface area contributed by atoms with Crippen LogP contribution in [0.4, 0.5) is 10.3 Å². The van der Waals surface area contributed by atoms with Gasteiger partial charge in [-0.05, 0) is 60.7 Å². The van der Waals surface area contributed by atoms with Gasteiger partial charge in [0, 0.05) is 53.3 Å². The summed E-state index contributed by atoms with van der Waals surface area (Å²) in [7, 11) is 0. The van der Waals surface area contributed by atoms with E-state index >= 15 is 0 Å². The summed E-state index contributed by atoms with van der Waals surface area (Å²) in [5, 5.41) is 7.06. The number of ether oxygens (including phenoxy) is 1. The fourth-order valence-electron chi connectivity index (χ4n) is 5.11. The number of nitrogens with one attached hydrogen (secondary N) is 2. The second-order valence-corrected chi connectivity index (χ2v) is 14.4. The number of benzene rings is 4. The number of hydrogen-bond donors (Lipinski definition) is 2. The summed E-state index contributed by atoms with van der Waals surface area (Å²) in [6.07, 6.45) is 0. The van der Waals surface area contributed by atoms with Crippen LogP contribution in [0.2, 0.25) is 0 Å². The molecule has 0 saturated heterocycles. The molecule has 8 rings (SSSR count). The number of thiazole rings is 2. The Morgan fingerprint density at radius 3 is 1.44 bits per heavy atom. The Balaban J connectivity index is 0.889. The Morgan fingerprint density at radius 2 is 1.00 bits per heavy atom. The predicted molar refractivity (Wildman–Crippen MR) is 183 cm³/mol. The lowest BCUT2D eigenvalue weighted by molar-refractivity contribution is 0.101. The molecule has 0 aliphatic carbocycles. The molecule has 6 aromatic rings. The van der Waals surface area contributed by atoms with Crippen LogP contribution in [0.5, 0.6) is 11.5 Å². The minimum Gasteiger partial charge on any atom is -0.457 e. The number of carbonyl (C=O) groups is 2. The molecule has 2 aromatic heterocycles. The smallest absolute Gasteiger partial charge is 0.257 e. The second kappa shape index (κ2) is 11.8. The van der Waals surface area contributed by atoms with E-state index in [1.54, 1.807) is 72.1 Å². The van der Waals surface area contributed by atoms with E-state index in [-0.39, 0.29) is 11.8 Å². The first-order valence-corrected chi connectivity index (χ1v) is 17.6. The molecule has 2 N–H and O–H groups in total. The molecule has 0 radical (unpaired) electrons. The molecule has 4 heterocycles. The van der Waals surface area contributed by atoms with Gasteiger partial charge in [-0.2, -0.15) is 0 Å². The van der Waals surface area contributed by atoms with Crippen LogP contribution < -0.4 is 15.4 Å². The van der Waals surface area contributed by atoms with Crippen LogP contribution in [0, 0.1) is 0 Å². The average Bonchev–Trinajstić information content (AvgIpc) is 3.69. The van der Waals surface area contributed by atoms with Crippen LogP contribution in [0.3, 0.4) is 0 Å². The third-order valence-corrected chi connectivity index (χ3v) is 11.8. The van der Waals surface area contributed by atoms with Crippen molar-refractivity contribution in [2.24, 2.45) is 0 Å². The van der Waals surface area contributed by atoms with E-state index in [1.807, 2.05) is 24.3 Å². The summed E-state index contributed by atoms with van der Waals surface area (Å²) in [5.74, 6) is 2.39. The molecule has 220 valence electrons. The van der Waals surface area contributed by atoms with Gasteiger partial charge in [0.15, 0.2) is 10.3 Å². The summed E-state index contributed by atoms with van der Waals surface area (Å²) < 4.78 is 5.97. The first-order valence-electron chi connectivity index (χ1n) is 14.0. The SMILES string of the molecule is O=C(Nc1nc2c(s1)CSc1ccccc1-2)c1ccc(Oc2ccc(C(=O)Nc3nc4c(s3)CSc3ccccc3-4)cc2)cc1. The monoisotopic (exact) mass is 662 g/mol. The minimum absolute atomic E-state index is 0.229. The van der Waals surface area contributed by atoms with Gasteiger partial charge in [0.25, 0.3) is 11.8 Å². The second-order valence-electron chi connectivity index (χ2n) is 10.2. The van der Waals surface area contributed by atoms with Crippen LogP contribution in [-0.4, -0.2) is 21.8 Å². The van der Waals surface area contributed by atoms with E-state index in [0.29, 0.717) is 32.9 Å². The van der Waals surface area contributed by atoms with Gasteiger partial charge in [0.1, 0.15) is 11.5 Å². The number of rotatable bonds is 6. The number of carbonyl (C=O) groups excluding carboxylic acids is 2. The highest BCUT2D eigenvalue weighted by atomic mass is 32.2. The van der Waals surface area contributed by atoms with Crippen LogP contribution in [-0.2, 0) is 11.5 Å². The van der Waals surface area contributed by atoms with Crippen molar-refractivity contribution in [2.75, 3.05) is 10.6 Å². The highest BCUT2D eigenvalue weighted by Gasteiger charge is 2.23. The van der Waals surface area contributed by atoms with Crippen molar-refractivity contribution in [1.82, 2.24) is 9.97 Å². The van der Waals surface area contributed by atoms with Gasteiger partial charge in [-0.1, -0.05) is 36.4 Å². The van der Waals surface area contributed by atoms with Gasteiger partial charge >= 0.3 is 0 Å². The zero-order valence-corrected chi connectivity index (χ0v) is 26.7. The molecule has 0 fully saturated rings. The standard InChI is InChI=1S/C34H22N4O3S4/c39-31(37-33-35-29-23-5-1-3-7-25(23)42-17-27(29)44-33)19-9-13-21(14-10-19)41-22-15-11-20(12-16-22)32(40)38-34-36-30-24-6-2-4-8-26(24)43-18-28(30)45-34/h1-16H,17-18H2,(H,35,37,39)(H,36,38,40). The fraction of sp³-hybridized carbons (Fsp3) is 0.0588. The van der Waals surface area contributed by atoms with E-state index in [2.05, 4.69) is 34.9 Å². The van der Waals surface area contributed by atoms with E-state index in [9.17, 15) is 9.59 Å². The average molecular weight is 663 g/mol. The summed E-state index contributed by atoms with van der Waals surface area (Å²) >= 11 is 6.60. The summed E-state index contributed by atoms with van der Waals surface area (Å²) in [6.45, 7) is 0. The van der Waals surface area contributed by atoms with Crippen molar-refractivity contribution in [3.63, 3.8) is 0 Å². The molecular formula is C34H22N4O3S4. The third kappa shape index (κ3) is 5.64. The first kappa shape index (κ1) is 28.1. The maximum absolute atomic E-state index is 13.0. The molecule has 11 heteroatoms. The van der Waals surface area contributed by atoms with Crippen molar-refractivity contribution in [3.8, 4) is 34.0 Å². The number of amides is 2. The largest absolute Gasteiger partial charge is 0.457 e. The van der Waals surface area contributed by atoms with Crippen LogP contribution in [0.1, 0.15) is 30.5 Å². The third-order valence-electron chi connectivity index (χ3n) is 7.31. The molecule has 2 aliphatic rings. The van der Waals surface area contributed by atoms with E-state index in [0.717, 1.165) is 43.8 Å². The van der Waals surface area contributed by atoms with Gasteiger partial charge in [0.05, 0.1) is 11.4 Å². The molecule has 0 unspecified atom stereocenters. The van der Waals surface area contributed by atoms with Crippen molar-refractivity contribution < 1.29 is 14.3 Å². The normalized spacial score (nSPS) is 12.7. The van der Waals surface area contributed by atoms with Gasteiger partial charge in [-0.3, -0.25) is 20.2 Å². The molecule has 7 nitrogen and oxygen atoms in total. The minimum atomic E-state index is -0.229. The molecule has 0 spiro atoms. The quantitative estimate of drug-likeness (QED) is 0.184. The summed E-state index contributed by atoms with van der Waals surface area (Å²) in [4.78, 5) is 40.1. The van der Waals surface area contributed by atoms with Gasteiger partial charge < -0.3 is 4.74 Å². The lowest BCUT2D eigenvalue weighted by Gasteiger charge is -2.13. The fourth-order valence-corrected chi connectivity index (χ4v) is 9.31. The molecular weight excluding hydrogens is 641 g/mol. The molecule has 45 heavy (non-hydrogen) atoms. The summed E-state index contributed by atoms with van der Waals surface area (Å²) in [6, 6.07) is 30.3. The Hall–Kier alpha value is -4.42. The lowest BCUT2D eigenvalue weighted by atomic mass is 10.1. The summed E-state index contributed by atoms with van der Waals surface area (Å²) in [5.41, 5.74) is 5.12. The highest BCUT2D eigenvalue weighted by molar-refractivity contribution is 7.99. The van der Waals surface area contributed by atoms with Crippen LogP contribution in [0.15, 0.2) is 107 Å². The van der Waals surface area contributed by atoms with Crippen molar-refractivity contribution in [1.29, 1.82) is 0 Å². The van der Waals surface area contributed by atoms with Crippen molar-refractivity contribution in [3.05, 3.63) is 118 Å². The first-order chi connectivity index (χ1) is 22.1. The van der Waals surface area contributed by atoms with Crippen LogP contribution >= 0.6 is 46.2 Å². The zero-order valence-electron chi connectivity index (χ0n) is 23.4. The Labute approximate surface area is 275 Å². The molecule has 2 aliphatic heterocycles. The van der Waals surface area contributed by atoms with Gasteiger partial charge in [0.2, 0.25) is 0 Å². The highest BCUT2D eigenvalue weighted by Crippen LogP contribution is 2.45. The Bertz CT molecular complexity index is 1940. The Morgan fingerprint density at radius 1 is 0.578 bits per heavy atom. The van der Waals surface area contributed by atoms with Gasteiger partial charge in [-0.25, -0.2) is 9.97 Å². The lowest BCUT2D eigenvalue weighted by Crippen LogP contribution is -2.11. The number of nitrogens with zero attached hydrogens (tertiary/aromatic N) is 2. The maximum atomic E-state index is 13.0. The molecule has 4 aromatic carbocycles. The van der Waals surface area contributed by atoms with E-state index in [4.69, 9.17) is 14.7 Å².